The number of ether oxygens (including phenoxy) is 1. The van der Waals surface area contributed by atoms with Gasteiger partial charge in [-0.05, 0) is 39.5 Å². The highest BCUT2D eigenvalue weighted by molar-refractivity contribution is 5.50. The van der Waals surface area contributed by atoms with Gasteiger partial charge in [0.2, 0.25) is 0 Å². The Morgan fingerprint density at radius 2 is 2.20 bits per heavy atom. The molecule has 1 aromatic heterocycles. The topological polar surface area (TPSA) is 50.3 Å². The molecular formula is C15H26N4O. The summed E-state index contributed by atoms with van der Waals surface area (Å²) in [4.78, 5) is 11.4. The van der Waals surface area contributed by atoms with E-state index in [1.54, 1.807) is 7.11 Å². The summed E-state index contributed by atoms with van der Waals surface area (Å²) in [5.74, 6) is 3.51. The van der Waals surface area contributed by atoms with Crippen LogP contribution in [0.4, 0.5) is 11.6 Å². The van der Waals surface area contributed by atoms with Crippen molar-refractivity contribution < 1.29 is 4.74 Å². The molecule has 1 heterocycles. The number of hydrogen-bond acceptors (Lipinski definition) is 5. The predicted molar refractivity (Wildman–Crippen MR) is 82.3 cm³/mol. The van der Waals surface area contributed by atoms with Crippen molar-refractivity contribution in [3.8, 4) is 0 Å². The van der Waals surface area contributed by atoms with Gasteiger partial charge < -0.3 is 15.0 Å². The molecule has 1 fully saturated rings. The summed E-state index contributed by atoms with van der Waals surface area (Å²) in [5, 5.41) is 3.27. The lowest BCUT2D eigenvalue weighted by molar-refractivity contribution is 0.202. The van der Waals surface area contributed by atoms with E-state index in [1.807, 2.05) is 13.0 Å². The Morgan fingerprint density at radius 3 is 2.80 bits per heavy atom. The first-order valence-electron chi connectivity index (χ1n) is 7.50. The van der Waals surface area contributed by atoms with E-state index in [2.05, 4.69) is 34.0 Å². The van der Waals surface area contributed by atoms with E-state index in [9.17, 15) is 0 Å². The third-order valence-corrected chi connectivity index (χ3v) is 3.81. The quantitative estimate of drug-likeness (QED) is 0.791. The minimum absolute atomic E-state index is 0.508. The van der Waals surface area contributed by atoms with Gasteiger partial charge in [0.1, 0.15) is 17.5 Å². The van der Waals surface area contributed by atoms with Crippen LogP contribution in [0.2, 0.25) is 0 Å². The molecule has 1 aliphatic rings. The second kappa shape index (κ2) is 6.88. The highest BCUT2D eigenvalue weighted by atomic mass is 16.5. The highest BCUT2D eigenvalue weighted by Gasteiger charge is 2.32. The maximum Gasteiger partial charge on any atom is 0.134 e. The normalized spacial score (nSPS) is 16.0. The Kier molecular flexibility index (Phi) is 5.17. The van der Waals surface area contributed by atoms with Crippen LogP contribution in [0.25, 0.3) is 0 Å². The fraction of sp³-hybridized carbons (Fsp3) is 0.733. The molecule has 1 aliphatic carbocycles. The van der Waals surface area contributed by atoms with Gasteiger partial charge in [-0.3, -0.25) is 0 Å². The number of nitrogens with one attached hydrogen (secondary N) is 1. The highest BCUT2D eigenvalue weighted by Crippen LogP contribution is 2.36. The minimum atomic E-state index is 0.508. The Balaban J connectivity index is 2.21. The average molecular weight is 278 g/mol. The summed E-state index contributed by atoms with van der Waals surface area (Å²) in [5.41, 5.74) is 0. The Hall–Kier alpha value is -1.36. The van der Waals surface area contributed by atoms with E-state index in [4.69, 9.17) is 4.74 Å². The van der Waals surface area contributed by atoms with Crippen LogP contribution < -0.4 is 10.2 Å². The molecule has 5 nitrogen and oxygen atoms in total. The van der Waals surface area contributed by atoms with Crippen molar-refractivity contribution in [3.63, 3.8) is 0 Å². The van der Waals surface area contributed by atoms with Gasteiger partial charge in [-0.25, -0.2) is 9.97 Å². The number of hydrogen-bond donors (Lipinski definition) is 1. The third-order valence-electron chi connectivity index (χ3n) is 3.81. The average Bonchev–Trinajstić information content (AvgIpc) is 3.23. The number of anilines is 2. The zero-order valence-corrected chi connectivity index (χ0v) is 13.0. The summed E-state index contributed by atoms with van der Waals surface area (Å²) in [7, 11) is 1.75. The molecule has 0 aromatic carbocycles. The van der Waals surface area contributed by atoms with E-state index >= 15 is 0 Å². The van der Waals surface area contributed by atoms with Crippen LogP contribution in [0, 0.1) is 12.8 Å². The van der Waals surface area contributed by atoms with Crippen molar-refractivity contribution in [2.75, 3.05) is 37.0 Å². The predicted octanol–water partition coefficient (Wildman–Crippen LogP) is 2.47. The first kappa shape index (κ1) is 15.0. The van der Waals surface area contributed by atoms with Crippen LogP contribution in [0.5, 0.6) is 0 Å². The van der Waals surface area contributed by atoms with Crippen molar-refractivity contribution in [3.05, 3.63) is 11.9 Å². The van der Waals surface area contributed by atoms with E-state index in [0.29, 0.717) is 6.04 Å². The molecule has 1 unspecified atom stereocenters. The molecule has 112 valence electrons. The molecule has 0 amide bonds. The fourth-order valence-electron chi connectivity index (χ4n) is 2.52. The maximum absolute atomic E-state index is 5.25. The zero-order valence-electron chi connectivity index (χ0n) is 13.0. The summed E-state index contributed by atoms with van der Waals surface area (Å²) in [6.07, 6.45) is 2.66. The van der Waals surface area contributed by atoms with Crippen molar-refractivity contribution in [1.29, 1.82) is 0 Å². The van der Waals surface area contributed by atoms with E-state index in [-0.39, 0.29) is 0 Å². The molecule has 2 rings (SSSR count). The van der Waals surface area contributed by atoms with Crippen LogP contribution in [0.1, 0.15) is 32.5 Å². The fourth-order valence-corrected chi connectivity index (χ4v) is 2.52. The monoisotopic (exact) mass is 278 g/mol. The van der Waals surface area contributed by atoms with Gasteiger partial charge in [0.25, 0.3) is 0 Å². The van der Waals surface area contributed by atoms with E-state index in [0.717, 1.165) is 43.1 Å². The number of rotatable bonds is 8. The minimum Gasteiger partial charge on any atom is -0.383 e. The van der Waals surface area contributed by atoms with Gasteiger partial charge in [-0.15, -0.1) is 0 Å². The van der Waals surface area contributed by atoms with Crippen LogP contribution in [0.15, 0.2) is 6.07 Å². The number of nitrogens with zero attached hydrogens (tertiary/aromatic N) is 3. The second-order valence-corrected chi connectivity index (χ2v) is 5.45. The largest absolute Gasteiger partial charge is 0.383 e. The maximum atomic E-state index is 5.25. The van der Waals surface area contributed by atoms with Crippen molar-refractivity contribution in [2.45, 2.75) is 39.7 Å². The first-order chi connectivity index (χ1) is 9.65. The molecule has 0 aliphatic heterocycles. The van der Waals surface area contributed by atoms with E-state index < -0.39 is 0 Å². The van der Waals surface area contributed by atoms with Gasteiger partial charge in [-0.2, -0.15) is 0 Å². The molecular weight excluding hydrogens is 252 g/mol. The molecule has 1 aromatic rings. The lowest BCUT2D eigenvalue weighted by atomic mass is 10.2. The molecule has 0 bridgehead atoms. The first-order valence-corrected chi connectivity index (χ1v) is 7.50. The Bertz CT molecular complexity index is 434. The number of aromatic nitrogens is 2. The smallest absolute Gasteiger partial charge is 0.134 e. The lowest BCUT2D eigenvalue weighted by Crippen LogP contribution is -2.38. The Labute approximate surface area is 121 Å². The van der Waals surface area contributed by atoms with Gasteiger partial charge in [0, 0.05) is 32.3 Å². The zero-order chi connectivity index (χ0) is 14.5. The summed E-state index contributed by atoms with van der Waals surface area (Å²) >= 11 is 0. The molecule has 1 saturated carbocycles. The summed E-state index contributed by atoms with van der Waals surface area (Å²) in [6.45, 7) is 8.77. The molecule has 0 saturated heterocycles. The standard InChI is InChI=1S/C15H26N4O/c1-5-16-14-10-15(18-12(3)17-14)19(8-9-20-4)11(2)13-6-7-13/h10-11,13H,5-9H2,1-4H3,(H,16,17,18). The molecule has 0 radical (unpaired) electrons. The van der Waals surface area contributed by atoms with Crippen LogP contribution >= 0.6 is 0 Å². The molecule has 0 spiro atoms. The van der Waals surface area contributed by atoms with Gasteiger partial charge >= 0.3 is 0 Å². The van der Waals surface area contributed by atoms with Crippen LogP contribution in [-0.4, -0.2) is 42.8 Å². The lowest BCUT2D eigenvalue weighted by Gasteiger charge is -2.30. The summed E-state index contributed by atoms with van der Waals surface area (Å²) < 4.78 is 5.25. The third kappa shape index (κ3) is 3.82. The molecule has 1 atom stereocenters. The molecule has 20 heavy (non-hydrogen) atoms. The van der Waals surface area contributed by atoms with Gasteiger partial charge in [0.05, 0.1) is 6.61 Å². The van der Waals surface area contributed by atoms with E-state index in [1.165, 1.54) is 12.8 Å². The van der Waals surface area contributed by atoms with Crippen molar-refractivity contribution in [2.24, 2.45) is 5.92 Å². The summed E-state index contributed by atoms with van der Waals surface area (Å²) in [6, 6.07) is 2.55. The second-order valence-electron chi connectivity index (χ2n) is 5.45. The number of aryl methyl sites for hydroxylation is 1. The van der Waals surface area contributed by atoms with Gasteiger partial charge in [-0.1, -0.05) is 0 Å². The molecule has 5 heteroatoms. The van der Waals surface area contributed by atoms with Crippen molar-refractivity contribution >= 4 is 11.6 Å². The number of methoxy groups -OCH3 is 1. The Morgan fingerprint density at radius 1 is 1.45 bits per heavy atom. The molecule has 1 N–H and O–H groups in total. The van der Waals surface area contributed by atoms with Gasteiger partial charge in [0.15, 0.2) is 0 Å². The van der Waals surface area contributed by atoms with Crippen LogP contribution in [-0.2, 0) is 4.74 Å². The SMILES string of the molecule is CCNc1cc(N(CCOC)C(C)C2CC2)nc(C)n1. The van der Waals surface area contributed by atoms with Crippen LogP contribution in [0.3, 0.4) is 0 Å². The van der Waals surface area contributed by atoms with Crippen molar-refractivity contribution in [1.82, 2.24) is 9.97 Å².